The second-order valence-electron chi connectivity index (χ2n) is 6.16. The largest absolute Gasteiger partial charge is 0.361 e. The number of benzene rings is 1. The van der Waals surface area contributed by atoms with Gasteiger partial charge in [0.15, 0.2) is 0 Å². The Labute approximate surface area is 136 Å². The van der Waals surface area contributed by atoms with Gasteiger partial charge in [-0.1, -0.05) is 32.0 Å². The Morgan fingerprint density at radius 1 is 1.09 bits per heavy atom. The average molecular weight is 315 g/mol. The van der Waals surface area contributed by atoms with Gasteiger partial charge in [-0.2, -0.15) is 0 Å². The predicted molar refractivity (Wildman–Crippen MR) is 92.1 cm³/mol. The van der Waals surface area contributed by atoms with Gasteiger partial charge in [0, 0.05) is 43.0 Å². The summed E-state index contributed by atoms with van der Waals surface area (Å²) in [6.07, 6.45) is 3.63. The number of aromatic amines is 1. The normalized spacial score (nSPS) is 10.9. The monoisotopic (exact) mass is 315 g/mol. The minimum Gasteiger partial charge on any atom is -0.361 e. The number of aromatic nitrogens is 1. The van der Waals surface area contributed by atoms with Crippen LogP contribution >= 0.6 is 0 Å². The van der Waals surface area contributed by atoms with Crippen LogP contribution in [0.15, 0.2) is 30.5 Å². The highest BCUT2D eigenvalue weighted by atomic mass is 16.2. The highest BCUT2D eigenvalue weighted by Crippen LogP contribution is 2.18. The molecule has 0 fully saturated rings. The predicted octanol–water partition coefficient (Wildman–Crippen LogP) is 2.38. The molecular formula is C18H25N3O2. The molecule has 1 aromatic carbocycles. The summed E-state index contributed by atoms with van der Waals surface area (Å²) in [5.41, 5.74) is 2.25. The second-order valence-corrected chi connectivity index (χ2v) is 6.16. The summed E-state index contributed by atoms with van der Waals surface area (Å²) in [6, 6.07) is 8.07. The summed E-state index contributed by atoms with van der Waals surface area (Å²) in [7, 11) is 0. The molecule has 0 aliphatic rings. The third-order valence-electron chi connectivity index (χ3n) is 3.66. The fourth-order valence-electron chi connectivity index (χ4n) is 2.52. The molecule has 1 aromatic heterocycles. The summed E-state index contributed by atoms with van der Waals surface area (Å²) in [5.74, 6) is 0.391. The van der Waals surface area contributed by atoms with Crippen LogP contribution in [-0.4, -0.2) is 29.9 Å². The first-order valence-electron chi connectivity index (χ1n) is 8.14. The van der Waals surface area contributed by atoms with Gasteiger partial charge in [0.2, 0.25) is 11.8 Å². The highest BCUT2D eigenvalue weighted by Gasteiger charge is 2.07. The molecule has 3 N–H and O–H groups in total. The van der Waals surface area contributed by atoms with Gasteiger partial charge in [-0.15, -0.1) is 0 Å². The molecule has 0 aliphatic carbocycles. The first-order valence-corrected chi connectivity index (χ1v) is 8.14. The Kier molecular flexibility index (Phi) is 6.20. The zero-order valence-electron chi connectivity index (χ0n) is 13.8. The van der Waals surface area contributed by atoms with Crippen molar-refractivity contribution in [3.05, 3.63) is 36.0 Å². The molecule has 2 aromatic rings. The van der Waals surface area contributed by atoms with Gasteiger partial charge < -0.3 is 15.6 Å². The van der Waals surface area contributed by atoms with E-state index in [1.807, 2.05) is 38.2 Å². The number of carbonyl (C=O) groups is 2. The summed E-state index contributed by atoms with van der Waals surface area (Å²) in [6.45, 7) is 4.96. The number of amides is 2. The standard InChI is InChI=1S/C18H25N3O2/c1-13(2)11-18(23)20-10-9-19-17(22)8-7-14-12-21-16-6-4-3-5-15(14)16/h3-6,12-13,21H,7-11H2,1-2H3,(H,19,22)(H,20,23). The molecule has 0 spiro atoms. The van der Waals surface area contributed by atoms with Gasteiger partial charge in [0.1, 0.15) is 0 Å². The number of nitrogens with one attached hydrogen (secondary N) is 3. The van der Waals surface area contributed by atoms with E-state index < -0.39 is 0 Å². The lowest BCUT2D eigenvalue weighted by Crippen LogP contribution is -2.35. The van der Waals surface area contributed by atoms with E-state index in [0.717, 1.165) is 11.1 Å². The molecule has 0 unspecified atom stereocenters. The Morgan fingerprint density at radius 2 is 1.78 bits per heavy atom. The van der Waals surface area contributed by atoms with Crippen molar-refractivity contribution in [3.8, 4) is 0 Å². The molecule has 0 atom stereocenters. The minimum atomic E-state index is 0.00777. The first-order chi connectivity index (χ1) is 11.1. The van der Waals surface area contributed by atoms with Crippen molar-refractivity contribution in [2.24, 2.45) is 5.92 Å². The molecule has 0 bridgehead atoms. The van der Waals surface area contributed by atoms with Gasteiger partial charge in [0.05, 0.1) is 0 Å². The lowest BCUT2D eigenvalue weighted by atomic mass is 10.1. The van der Waals surface area contributed by atoms with Crippen LogP contribution in [0.2, 0.25) is 0 Å². The number of fused-ring (bicyclic) bond motifs is 1. The zero-order chi connectivity index (χ0) is 16.7. The Hall–Kier alpha value is -2.30. The minimum absolute atomic E-state index is 0.00777. The van der Waals surface area contributed by atoms with Crippen LogP contribution in [0.4, 0.5) is 0 Å². The van der Waals surface area contributed by atoms with Gasteiger partial charge in [-0.25, -0.2) is 0 Å². The molecule has 1 heterocycles. The van der Waals surface area contributed by atoms with E-state index in [9.17, 15) is 9.59 Å². The molecule has 23 heavy (non-hydrogen) atoms. The number of para-hydroxylation sites is 1. The van der Waals surface area contributed by atoms with Crippen LogP contribution < -0.4 is 10.6 Å². The number of carbonyl (C=O) groups excluding carboxylic acids is 2. The third kappa shape index (κ3) is 5.43. The third-order valence-corrected chi connectivity index (χ3v) is 3.66. The van der Waals surface area contributed by atoms with Crippen LogP contribution in [0.25, 0.3) is 10.9 Å². The molecule has 5 nitrogen and oxygen atoms in total. The summed E-state index contributed by atoms with van der Waals surface area (Å²) < 4.78 is 0. The molecule has 0 saturated heterocycles. The van der Waals surface area contributed by atoms with Gasteiger partial charge in [0.25, 0.3) is 0 Å². The zero-order valence-corrected chi connectivity index (χ0v) is 13.8. The molecule has 5 heteroatoms. The summed E-state index contributed by atoms with van der Waals surface area (Å²) in [4.78, 5) is 26.6. The van der Waals surface area contributed by atoms with Gasteiger partial charge in [-0.05, 0) is 24.0 Å². The van der Waals surface area contributed by atoms with Crippen molar-refractivity contribution in [1.29, 1.82) is 0 Å². The smallest absolute Gasteiger partial charge is 0.220 e. The Balaban J connectivity index is 1.66. The van der Waals surface area contributed by atoms with Crippen molar-refractivity contribution in [2.75, 3.05) is 13.1 Å². The van der Waals surface area contributed by atoms with Crippen molar-refractivity contribution >= 4 is 22.7 Å². The average Bonchev–Trinajstić information content (AvgIpc) is 2.92. The second kappa shape index (κ2) is 8.36. The number of H-pyrrole nitrogens is 1. The molecule has 2 amide bonds. The topological polar surface area (TPSA) is 74.0 Å². The molecule has 0 radical (unpaired) electrons. The van der Waals surface area contributed by atoms with Crippen LogP contribution in [-0.2, 0) is 16.0 Å². The SMILES string of the molecule is CC(C)CC(=O)NCCNC(=O)CCc1c[nH]c2ccccc12. The summed E-state index contributed by atoms with van der Waals surface area (Å²) in [5, 5.41) is 6.81. The van der Waals surface area contributed by atoms with E-state index in [1.165, 1.54) is 5.39 Å². The van der Waals surface area contributed by atoms with E-state index in [2.05, 4.69) is 21.7 Å². The Bertz CT molecular complexity index is 661. The van der Waals surface area contributed by atoms with Crippen LogP contribution in [0.3, 0.4) is 0 Å². The quantitative estimate of drug-likeness (QED) is 0.654. The maximum atomic E-state index is 11.9. The van der Waals surface area contributed by atoms with Crippen LogP contribution in [0, 0.1) is 5.92 Å². The van der Waals surface area contributed by atoms with Crippen molar-refractivity contribution < 1.29 is 9.59 Å². The maximum Gasteiger partial charge on any atom is 0.220 e. The van der Waals surface area contributed by atoms with Gasteiger partial charge >= 0.3 is 0 Å². The lowest BCUT2D eigenvalue weighted by molar-refractivity contribution is -0.123. The number of rotatable bonds is 8. The fourth-order valence-corrected chi connectivity index (χ4v) is 2.52. The van der Waals surface area contributed by atoms with E-state index in [4.69, 9.17) is 0 Å². The molecular weight excluding hydrogens is 290 g/mol. The molecule has 124 valence electrons. The summed E-state index contributed by atoms with van der Waals surface area (Å²) >= 11 is 0. The molecule has 0 aliphatic heterocycles. The first kappa shape index (κ1) is 17.1. The Morgan fingerprint density at radius 3 is 2.52 bits per heavy atom. The van der Waals surface area contributed by atoms with Crippen molar-refractivity contribution in [2.45, 2.75) is 33.1 Å². The van der Waals surface area contributed by atoms with Crippen LogP contribution in [0.1, 0.15) is 32.3 Å². The van der Waals surface area contributed by atoms with E-state index in [0.29, 0.717) is 38.3 Å². The maximum absolute atomic E-state index is 11.9. The molecule has 0 saturated carbocycles. The lowest BCUT2D eigenvalue weighted by Gasteiger charge is -2.08. The van der Waals surface area contributed by atoms with Crippen molar-refractivity contribution in [1.82, 2.24) is 15.6 Å². The number of aryl methyl sites for hydroxylation is 1. The number of hydrogen-bond acceptors (Lipinski definition) is 2. The van der Waals surface area contributed by atoms with E-state index in [-0.39, 0.29) is 11.8 Å². The van der Waals surface area contributed by atoms with Gasteiger partial charge in [-0.3, -0.25) is 9.59 Å². The van der Waals surface area contributed by atoms with E-state index >= 15 is 0 Å². The fraction of sp³-hybridized carbons (Fsp3) is 0.444. The van der Waals surface area contributed by atoms with E-state index in [1.54, 1.807) is 0 Å². The van der Waals surface area contributed by atoms with Crippen LogP contribution in [0.5, 0.6) is 0 Å². The van der Waals surface area contributed by atoms with Crippen molar-refractivity contribution in [3.63, 3.8) is 0 Å². The number of hydrogen-bond donors (Lipinski definition) is 3. The molecule has 2 rings (SSSR count). The highest BCUT2D eigenvalue weighted by molar-refractivity contribution is 5.84.